The number of rotatable bonds is 11. The Bertz CT molecular complexity index is 2300. The highest BCUT2D eigenvalue weighted by atomic mass is 35.5. The predicted molar refractivity (Wildman–Crippen MR) is 200 cm³/mol. The van der Waals surface area contributed by atoms with Crippen molar-refractivity contribution in [3.05, 3.63) is 135 Å². The summed E-state index contributed by atoms with van der Waals surface area (Å²) in [6, 6.07) is 25.4. The number of ether oxygens (including phenoxy) is 1. The standard InChI is InChI=1S/C40H41ClN4O4S/c1-25-22-32(23-26(2)38(25)41)49-21-11-16-34-28(4)45(39-35(34)14-10-15-36(39)37-27(3)42-44(6)29(37)5)24-30-17-19-31(20-18-30)40(46)43-50(47,48)33-12-8-7-9-13-33/h7-10,12-15,17-20,22-23H,11,16,21,24H2,1-6H3,(H,43,46). The molecule has 6 aromatic rings. The van der Waals surface area contributed by atoms with Crippen LogP contribution < -0.4 is 9.46 Å². The molecule has 1 amide bonds. The van der Waals surface area contributed by atoms with Crippen molar-refractivity contribution in [1.82, 2.24) is 19.1 Å². The van der Waals surface area contributed by atoms with Gasteiger partial charge in [-0.05, 0) is 106 Å². The van der Waals surface area contributed by atoms with Crippen LogP contribution in [0.25, 0.3) is 22.0 Å². The van der Waals surface area contributed by atoms with Crippen LogP contribution in [0.15, 0.2) is 89.8 Å². The number of nitrogens with zero attached hydrogens (tertiary/aromatic N) is 3. The minimum absolute atomic E-state index is 0.0346. The van der Waals surface area contributed by atoms with Crippen LogP contribution in [-0.2, 0) is 30.0 Å². The topological polar surface area (TPSA) is 95.2 Å². The highest BCUT2D eigenvalue weighted by Crippen LogP contribution is 2.38. The summed E-state index contributed by atoms with van der Waals surface area (Å²) in [4.78, 5) is 13.0. The molecule has 2 heterocycles. The first-order valence-corrected chi connectivity index (χ1v) is 18.4. The molecule has 10 heteroatoms. The van der Waals surface area contributed by atoms with Gasteiger partial charge >= 0.3 is 0 Å². The summed E-state index contributed by atoms with van der Waals surface area (Å²) < 4.78 is 38.1. The van der Waals surface area contributed by atoms with Crippen LogP contribution >= 0.6 is 11.6 Å². The lowest BCUT2D eigenvalue weighted by Crippen LogP contribution is -2.30. The van der Waals surface area contributed by atoms with Gasteiger partial charge < -0.3 is 9.30 Å². The van der Waals surface area contributed by atoms with Gasteiger partial charge in [-0.15, -0.1) is 0 Å². The monoisotopic (exact) mass is 708 g/mol. The van der Waals surface area contributed by atoms with Crippen molar-refractivity contribution in [1.29, 1.82) is 0 Å². The third-order valence-corrected chi connectivity index (χ3v) is 11.3. The number of nitrogens with one attached hydrogen (secondary N) is 1. The number of para-hydroxylation sites is 1. The summed E-state index contributed by atoms with van der Waals surface area (Å²) >= 11 is 6.36. The quantitative estimate of drug-likeness (QED) is 0.136. The van der Waals surface area contributed by atoms with Crippen molar-refractivity contribution < 1.29 is 17.9 Å². The molecule has 0 unspecified atom stereocenters. The van der Waals surface area contributed by atoms with E-state index in [1.807, 2.05) is 56.8 Å². The number of hydrogen-bond donors (Lipinski definition) is 1. The summed E-state index contributed by atoms with van der Waals surface area (Å²) in [6.45, 7) is 11.4. The molecule has 0 spiro atoms. The fourth-order valence-corrected chi connectivity index (χ4v) is 7.80. The van der Waals surface area contributed by atoms with E-state index >= 15 is 0 Å². The Labute approximate surface area is 298 Å². The normalized spacial score (nSPS) is 11.7. The van der Waals surface area contributed by atoms with Crippen LogP contribution in [0, 0.1) is 34.6 Å². The molecule has 0 aliphatic rings. The van der Waals surface area contributed by atoms with Crippen LogP contribution in [0.3, 0.4) is 0 Å². The molecule has 1 N–H and O–H groups in total. The van der Waals surface area contributed by atoms with Crippen molar-refractivity contribution in [2.24, 2.45) is 7.05 Å². The lowest BCUT2D eigenvalue weighted by Gasteiger charge is -2.13. The van der Waals surface area contributed by atoms with Crippen LogP contribution in [-0.4, -0.2) is 35.3 Å². The van der Waals surface area contributed by atoms with Gasteiger partial charge in [0.15, 0.2) is 0 Å². The molecule has 0 aliphatic carbocycles. The number of sulfonamides is 1. The molecule has 6 rings (SSSR count). The third kappa shape index (κ3) is 6.93. The summed E-state index contributed by atoms with van der Waals surface area (Å²) in [7, 11) is -2.02. The van der Waals surface area contributed by atoms with Crippen molar-refractivity contribution in [3.63, 3.8) is 0 Å². The summed E-state index contributed by atoms with van der Waals surface area (Å²) in [5.74, 6) is 0.143. The van der Waals surface area contributed by atoms with Crippen LogP contribution in [0.2, 0.25) is 5.02 Å². The maximum absolute atomic E-state index is 12.9. The highest BCUT2D eigenvalue weighted by molar-refractivity contribution is 7.90. The molecule has 0 saturated heterocycles. The average molecular weight is 709 g/mol. The minimum atomic E-state index is -3.99. The molecule has 0 bridgehead atoms. The van der Waals surface area contributed by atoms with E-state index in [2.05, 4.69) is 41.3 Å². The molecule has 0 atom stereocenters. The average Bonchev–Trinajstić information content (AvgIpc) is 3.51. The fourth-order valence-electron chi connectivity index (χ4n) is 6.69. The Morgan fingerprint density at radius 1 is 0.880 bits per heavy atom. The summed E-state index contributed by atoms with van der Waals surface area (Å²) in [6.07, 6.45) is 1.65. The number of benzene rings is 4. The van der Waals surface area contributed by atoms with Gasteiger partial charge in [0.1, 0.15) is 5.75 Å². The van der Waals surface area contributed by atoms with E-state index in [9.17, 15) is 13.2 Å². The Kier molecular flexibility index (Phi) is 9.91. The first-order valence-electron chi connectivity index (χ1n) is 16.6. The molecule has 0 radical (unpaired) electrons. The van der Waals surface area contributed by atoms with E-state index in [0.717, 1.165) is 74.0 Å². The van der Waals surface area contributed by atoms with Gasteiger partial charge in [0.25, 0.3) is 15.9 Å². The Balaban J connectivity index is 1.30. The van der Waals surface area contributed by atoms with Gasteiger partial charge in [0, 0.05) is 52.1 Å². The number of aromatic nitrogens is 3. The van der Waals surface area contributed by atoms with Crippen molar-refractivity contribution >= 4 is 38.4 Å². The molecular weight excluding hydrogens is 668 g/mol. The van der Waals surface area contributed by atoms with Crippen LogP contribution in [0.4, 0.5) is 0 Å². The van der Waals surface area contributed by atoms with E-state index in [1.165, 1.54) is 23.1 Å². The van der Waals surface area contributed by atoms with Crippen molar-refractivity contribution in [2.45, 2.75) is 58.9 Å². The van der Waals surface area contributed by atoms with Crippen LogP contribution in [0.5, 0.6) is 5.75 Å². The molecule has 0 saturated carbocycles. The predicted octanol–water partition coefficient (Wildman–Crippen LogP) is 8.42. The Hall–Kier alpha value is -4.86. The molecule has 8 nitrogen and oxygen atoms in total. The van der Waals surface area contributed by atoms with Gasteiger partial charge in [-0.2, -0.15) is 5.10 Å². The molecule has 0 aliphatic heterocycles. The second-order valence-corrected chi connectivity index (χ2v) is 14.8. The highest BCUT2D eigenvalue weighted by Gasteiger charge is 2.22. The van der Waals surface area contributed by atoms with Gasteiger partial charge in [-0.1, -0.05) is 60.1 Å². The lowest BCUT2D eigenvalue weighted by molar-refractivity contribution is 0.0981. The molecular formula is C40H41ClN4O4S. The number of hydrogen-bond acceptors (Lipinski definition) is 5. The number of carbonyl (C=O) groups excluding carboxylic acids is 1. The maximum Gasteiger partial charge on any atom is 0.264 e. The van der Waals surface area contributed by atoms with E-state index in [0.29, 0.717) is 13.2 Å². The van der Waals surface area contributed by atoms with Gasteiger partial charge in [0.05, 0.1) is 22.7 Å². The smallest absolute Gasteiger partial charge is 0.264 e. The van der Waals surface area contributed by atoms with Gasteiger partial charge in [0.2, 0.25) is 0 Å². The first-order chi connectivity index (χ1) is 23.9. The Morgan fingerprint density at radius 3 is 2.20 bits per heavy atom. The largest absolute Gasteiger partial charge is 0.494 e. The maximum atomic E-state index is 12.9. The lowest BCUT2D eigenvalue weighted by atomic mass is 9.98. The van der Waals surface area contributed by atoms with E-state index in [-0.39, 0.29) is 10.5 Å². The zero-order valence-electron chi connectivity index (χ0n) is 29.2. The third-order valence-electron chi connectivity index (χ3n) is 9.34. The molecule has 50 heavy (non-hydrogen) atoms. The fraction of sp³-hybridized carbons (Fsp3) is 0.250. The second kappa shape index (κ2) is 14.2. The van der Waals surface area contributed by atoms with E-state index in [1.54, 1.807) is 30.3 Å². The van der Waals surface area contributed by atoms with Gasteiger partial charge in [-0.3, -0.25) is 9.48 Å². The molecule has 4 aromatic carbocycles. The second-order valence-electron chi connectivity index (χ2n) is 12.8. The Morgan fingerprint density at radius 2 is 1.56 bits per heavy atom. The summed E-state index contributed by atoms with van der Waals surface area (Å²) in [5.41, 5.74) is 11.1. The minimum Gasteiger partial charge on any atom is -0.494 e. The molecule has 2 aromatic heterocycles. The van der Waals surface area contributed by atoms with Gasteiger partial charge in [-0.25, -0.2) is 13.1 Å². The molecule has 0 fully saturated rings. The summed E-state index contributed by atoms with van der Waals surface area (Å²) in [5, 5.41) is 6.67. The number of carbonyl (C=O) groups is 1. The van der Waals surface area contributed by atoms with Crippen molar-refractivity contribution in [2.75, 3.05) is 6.61 Å². The zero-order chi connectivity index (χ0) is 35.7. The number of aryl methyl sites for hydroxylation is 5. The van der Waals surface area contributed by atoms with E-state index < -0.39 is 15.9 Å². The molecule has 258 valence electrons. The van der Waals surface area contributed by atoms with Crippen LogP contribution in [0.1, 0.15) is 56.1 Å². The SMILES string of the molecule is Cc1cc(OCCCc2c(C)n(Cc3ccc(C(=O)NS(=O)(=O)c4ccccc4)cc3)c3c(-c4c(C)nn(C)c4C)cccc23)cc(C)c1Cl. The number of fused-ring (bicyclic) bond motifs is 1. The zero-order valence-corrected chi connectivity index (χ0v) is 30.7. The van der Waals surface area contributed by atoms with E-state index in [4.69, 9.17) is 21.4 Å². The van der Waals surface area contributed by atoms with Crippen molar-refractivity contribution in [3.8, 4) is 16.9 Å². The first kappa shape index (κ1) is 35.0. The number of amides is 1. The number of halogens is 1.